The highest BCUT2D eigenvalue weighted by Gasteiger charge is 2.15. The normalized spacial score (nSPS) is 12.2. The van der Waals surface area contributed by atoms with E-state index in [0.29, 0.717) is 23.6 Å². The summed E-state index contributed by atoms with van der Waals surface area (Å²) in [6, 6.07) is 1.05. The Hall–Kier alpha value is -1.51. The summed E-state index contributed by atoms with van der Waals surface area (Å²) in [7, 11) is 0.510. The summed E-state index contributed by atoms with van der Waals surface area (Å²) in [5.74, 6) is 0.301. The Morgan fingerprint density at radius 2 is 2.10 bits per heavy atom. The minimum atomic E-state index is -1.14. The molecule has 116 valence electrons. The summed E-state index contributed by atoms with van der Waals surface area (Å²) in [5.41, 5.74) is 0.933. The first-order valence-electron chi connectivity index (χ1n) is 6.93. The number of aromatic nitrogens is 4. The van der Waals surface area contributed by atoms with E-state index in [2.05, 4.69) is 29.6 Å². The highest BCUT2D eigenvalue weighted by atomic mass is 28.3. The van der Waals surface area contributed by atoms with Crippen molar-refractivity contribution in [2.75, 3.05) is 6.61 Å². The van der Waals surface area contributed by atoms with Crippen LogP contribution in [0.3, 0.4) is 0 Å². The van der Waals surface area contributed by atoms with Gasteiger partial charge in [-0.05, 0) is 6.04 Å². The van der Waals surface area contributed by atoms with Gasteiger partial charge in [0.05, 0.1) is 6.20 Å². The molecular weight excluding hydrogens is 288 g/mol. The number of aliphatic hydroxyl groups is 1. The van der Waals surface area contributed by atoms with Crippen LogP contribution in [0.2, 0.25) is 25.7 Å². The van der Waals surface area contributed by atoms with Crippen LogP contribution in [0, 0.1) is 0 Å². The van der Waals surface area contributed by atoms with E-state index in [0.717, 1.165) is 6.04 Å². The maximum absolute atomic E-state index is 12.2. The third kappa shape index (κ3) is 3.58. The lowest BCUT2D eigenvalue weighted by Gasteiger charge is -2.15. The van der Waals surface area contributed by atoms with E-state index < -0.39 is 8.07 Å². The number of ether oxygens (including phenoxy) is 1. The number of aryl methyl sites for hydroxylation is 1. The Morgan fingerprint density at radius 3 is 2.71 bits per heavy atom. The Labute approximate surface area is 124 Å². The molecule has 0 atom stereocenters. The molecule has 1 N–H and O–H groups in total. The van der Waals surface area contributed by atoms with Gasteiger partial charge in [0, 0.05) is 21.7 Å². The maximum Gasteiger partial charge on any atom is 0.332 e. The first kappa shape index (κ1) is 15.9. The number of hydrogen-bond acceptors (Lipinski definition) is 5. The van der Waals surface area contributed by atoms with Crippen LogP contribution in [0.5, 0.6) is 0 Å². The number of aliphatic hydroxyl groups excluding tert-OH is 1. The predicted octanol–water partition coefficient (Wildman–Crippen LogP) is 0.935. The van der Waals surface area contributed by atoms with Crippen molar-refractivity contribution in [1.82, 2.24) is 19.1 Å². The predicted molar refractivity (Wildman–Crippen MR) is 82.8 cm³/mol. The summed E-state index contributed by atoms with van der Waals surface area (Å²) in [4.78, 5) is 20.4. The van der Waals surface area contributed by atoms with Crippen LogP contribution in [-0.2, 0) is 25.1 Å². The van der Waals surface area contributed by atoms with Gasteiger partial charge in [-0.1, -0.05) is 19.6 Å². The molecule has 8 heteroatoms. The highest BCUT2D eigenvalue weighted by molar-refractivity contribution is 6.76. The Morgan fingerprint density at radius 1 is 1.38 bits per heavy atom. The van der Waals surface area contributed by atoms with E-state index in [4.69, 9.17) is 9.84 Å². The van der Waals surface area contributed by atoms with Crippen molar-refractivity contribution < 1.29 is 9.84 Å². The monoisotopic (exact) mass is 310 g/mol. The lowest BCUT2D eigenvalue weighted by molar-refractivity contribution is 0.0872. The maximum atomic E-state index is 12.2. The SMILES string of the molecule is Cn1c(=O)n(COCC[Si](C)(C)C)c2cnc(CO)nc21. The first-order chi connectivity index (χ1) is 9.83. The lowest BCUT2D eigenvalue weighted by atomic mass is 10.5. The van der Waals surface area contributed by atoms with E-state index in [1.54, 1.807) is 13.2 Å². The van der Waals surface area contributed by atoms with E-state index >= 15 is 0 Å². The average molecular weight is 310 g/mol. The van der Waals surface area contributed by atoms with Gasteiger partial charge in [0.15, 0.2) is 11.5 Å². The molecule has 0 spiro atoms. The molecule has 0 fully saturated rings. The zero-order valence-corrected chi connectivity index (χ0v) is 14.0. The third-order valence-electron chi connectivity index (χ3n) is 3.28. The molecule has 2 aromatic rings. The van der Waals surface area contributed by atoms with Gasteiger partial charge < -0.3 is 9.84 Å². The molecule has 0 amide bonds. The Kier molecular flexibility index (Phi) is 4.60. The molecule has 0 saturated heterocycles. The minimum Gasteiger partial charge on any atom is -0.388 e. The third-order valence-corrected chi connectivity index (χ3v) is 4.99. The number of nitrogens with zero attached hydrogens (tertiary/aromatic N) is 4. The molecule has 0 aliphatic carbocycles. The van der Waals surface area contributed by atoms with Crippen LogP contribution < -0.4 is 5.69 Å². The quantitative estimate of drug-likeness (QED) is 0.634. The van der Waals surface area contributed by atoms with E-state index in [-0.39, 0.29) is 19.0 Å². The second-order valence-corrected chi connectivity index (χ2v) is 11.9. The smallest absolute Gasteiger partial charge is 0.332 e. The van der Waals surface area contributed by atoms with Gasteiger partial charge in [0.2, 0.25) is 0 Å². The molecule has 21 heavy (non-hydrogen) atoms. The molecule has 0 aliphatic heterocycles. The molecule has 0 aliphatic rings. The molecule has 0 bridgehead atoms. The van der Waals surface area contributed by atoms with Crippen molar-refractivity contribution >= 4 is 19.2 Å². The zero-order chi connectivity index (χ0) is 15.6. The van der Waals surface area contributed by atoms with Gasteiger partial charge in [-0.2, -0.15) is 0 Å². The van der Waals surface area contributed by atoms with Gasteiger partial charge >= 0.3 is 5.69 Å². The molecule has 2 aromatic heterocycles. The van der Waals surface area contributed by atoms with Crippen molar-refractivity contribution in [2.45, 2.75) is 39.0 Å². The van der Waals surface area contributed by atoms with Crippen LogP contribution in [-0.4, -0.2) is 38.9 Å². The number of hydrogen-bond donors (Lipinski definition) is 1. The average Bonchev–Trinajstić information content (AvgIpc) is 2.66. The minimum absolute atomic E-state index is 0.192. The largest absolute Gasteiger partial charge is 0.388 e. The number of rotatable bonds is 6. The Balaban J connectivity index is 2.20. The van der Waals surface area contributed by atoms with Crippen molar-refractivity contribution in [2.24, 2.45) is 7.05 Å². The van der Waals surface area contributed by atoms with Gasteiger partial charge in [-0.25, -0.2) is 14.8 Å². The summed E-state index contributed by atoms with van der Waals surface area (Å²) < 4.78 is 8.59. The van der Waals surface area contributed by atoms with Crippen LogP contribution in [0.1, 0.15) is 5.82 Å². The van der Waals surface area contributed by atoms with Crippen LogP contribution in [0.25, 0.3) is 11.2 Å². The van der Waals surface area contributed by atoms with Crippen molar-refractivity contribution in [3.05, 3.63) is 22.5 Å². The first-order valence-corrected chi connectivity index (χ1v) is 10.6. The Bertz CT molecular complexity index is 687. The van der Waals surface area contributed by atoms with Gasteiger partial charge in [0.25, 0.3) is 0 Å². The zero-order valence-electron chi connectivity index (χ0n) is 13.0. The van der Waals surface area contributed by atoms with E-state index in [9.17, 15) is 4.79 Å². The van der Waals surface area contributed by atoms with Crippen LogP contribution in [0.15, 0.2) is 11.0 Å². The number of fused-ring (bicyclic) bond motifs is 1. The van der Waals surface area contributed by atoms with Gasteiger partial charge in [-0.15, -0.1) is 0 Å². The topological polar surface area (TPSA) is 82.2 Å². The molecule has 0 saturated carbocycles. The molecular formula is C13H22N4O3Si. The summed E-state index contributed by atoms with van der Waals surface area (Å²) in [6.07, 6.45) is 1.55. The molecule has 7 nitrogen and oxygen atoms in total. The second-order valence-electron chi connectivity index (χ2n) is 6.27. The van der Waals surface area contributed by atoms with Crippen molar-refractivity contribution in [3.8, 4) is 0 Å². The fraction of sp³-hybridized carbons (Fsp3) is 0.615. The van der Waals surface area contributed by atoms with Gasteiger partial charge in [-0.3, -0.25) is 9.13 Å². The fourth-order valence-electron chi connectivity index (χ4n) is 1.95. The van der Waals surface area contributed by atoms with E-state index in [1.165, 1.54) is 9.13 Å². The number of imidazole rings is 1. The molecule has 0 unspecified atom stereocenters. The van der Waals surface area contributed by atoms with Gasteiger partial charge in [0.1, 0.15) is 18.9 Å². The van der Waals surface area contributed by atoms with Crippen LogP contribution in [0.4, 0.5) is 0 Å². The highest BCUT2D eigenvalue weighted by Crippen LogP contribution is 2.11. The second kappa shape index (κ2) is 6.08. The summed E-state index contributed by atoms with van der Waals surface area (Å²) >= 11 is 0. The van der Waals surface area contributed by atoms with E-state index in [1.807, 2.05) is 0 Å². The summed E-state index contributed by atoms with van der Waals surface area (Å²) in [6.45, 7) is 7.44. The standard InChI is InChI=1S/C13H22N4O3Si/c1-16-12-10(7-14-11(8-18)15-12)17(13(16)19)9-20-5-6-21(2,3)4/h7,18H,5-6,8-9H2,1-4H3. The van der Waals surface area contributed by atoms with Crippen molar-refractivity contribution in [3.63, 3.8) is 0 Å². The summed E-state index contributed by atoms with van der Waals surface area (Å²) in [5, 5.41) is 9.07. The van der Waals surface area contributed by atoms with Crippen LogP contribution >= 0.6 is 0 Å². The molecule has 2 heterocycles. The molecule has 0 aromatic carbocycles. The molecule has 2 rings (SSSR count). The fourth-order valence-corrected chi connectivity index (χ4v) is 2.71. The molecule has 0 radical (unpaired) electrons. The van der Waals surface area contributed by atoms with Crippen molar-refractivity contribution in [1.29, 1.82) is 0 Å². The lowest BCUT2D eigenvalue weighted by Crippen LogP contribution is -2.25.